The molecule has 0 aromatic heterocycles. The average molecular weight is 354 g/mol. The third-order valence-corrected chi connectivity index (χ3v) is 5.82. The molecule has 3 aliphatic heterocycles. The highest BCUT2D eigenvalue weighted by molar-refractivity contribution is 7.91. The van der Waals surface area contributed by atoms with Crippen molar-refractivity contribution in [2.24, 2.45) is 0 Å². The number of aromatic amines is 1. The first-order valence-corrected chi connectivity index (χ1v) is 9.32. The fourth-order valence-corrected chi connectivity index (χ4v) is 4.54. The fourth-order valence-electron chi connectivity index (χ4n) is 2.83. The summed E-state index contributed by atoms with van der Waals surface area (Å²) < 4.78 is 29.3. The van der Waals surface area contributed by atoms with Gasteiger partial charge in [0.2, 0.25) is 0 Å². The lowest BCUT2D eigenvalue weighted by Gasteiger charge is -2.14. The van der Waals surface area contributed by atoms with Crippen molar-refractivity contribution in [1.82, 2.24) is 20.1 Å². The molecular weight excluding hydrogens is 336 g/mol. The number of methoxy groups -OCH3 is 1. The van der Waals surface area contributed by atoms with E-state index >= 15 is 0 Å². The molecule has 0 radical (unpaired) electrons. The summed E-state index contributed by atoms with van der Waals surface area (Å²) in [4.78, 5) is 23.7. The SMILES string of the molecule is COC(=O)c1cn(CCN[C@H]2CCS(=O)(=O)C2)cc2c(=O)[nH]nc1-2. The summed E-state index contributed by atoms with van der Waals surface area (Å²) in [5.74, 6) is -0.211. The number of hydrogen-bond acceptors (Lipinski definition) is 7. The van der Waals surface area contributed by atoms with Crippen LogP contribution in [-0.4, -0.2) is 60.4 Å². The van der Waals surface area contributed by atoms with E-state index in [9.17, 15) is 18.0 Å². The van der Waals surface area contributed by atoms with Crippen molar-refractivity contribution in [3.63, 3.8) is 0 Å². The molecule has 3 aliphatic rings. The standard InChI is InChI=1S/C14H18N4O5S/c1-23-14(20)11-7-18(6-10-12(11)16-17-13(10)19)4-3-15-9-2-5-24(21,22)8-9/h6-7,9,15H,2-5,8H2,1H3,(H,17,19)/t9-/m0/s1. The van der Waals surface area contributed by atoms with Crippen molar-refractivity contribution in [3.05, 3.63) is 28.3 Å². The molecule has 1 atom stereocenters. The molecule has 2 N–H and O–H groups in total. The number of ether oxygens (including phenoxy) is 1. The molecule has 0 aliphatic carbocycles. The van der Waals surface area contributed by atoms with Crippen molar-refractivity contribution in [2.45, 2.75) is 19.0 Å². The molecule has 0 saturated carbocycles. The lowest BCUT2D eigenvalue weighted by Crippen LogP contribution is -2.32. The number of aromatic nitrogens is 3. The first-order chi connectivity index (χ1) is 11.4. The lowest BCUT2D eigenvalue weighted by molar-refractivity contribution is 0.0600. The number of carbonyl (C=O) groups excluding carboxylic acids is 1. The van der Waals surface area contributed by atoms with E-state index in [-0.39, 0.29) is 34.4 Å². The van der Waals surface area contributed by atoms with E-state index in [0.717, 1.165) is 0 Å². The molecule has 1 fully saturated rings. The maximum Gasteiger partial charge on any atom is 0.341 e. The Morgan fingerprint density at radius 3 is 2.96 bits per heavy atom. The van der Waals surface area contributed by atoms with Gasteiger partial charge in [-0.2, -0.15) is 5.10 Å². The zero-order valence-corrected chi connectivity index (χ0v) is 13.9. The van der Waals surface area contributed by atoms with Gasteiger partial charge < -0.3 is 14.6 Å². The van der Waals surface area contributed by atoms with Crippen LogP contribution in [0.5, 0.6) is 0 Å². The molecule has 130 valence electrons. The molecule has 0 spiro atoms. The number of pyridine rings is 1. The predicted molar refractivity (Wildman–Crippen MR) is 85.9 cm³/mol. The molecular formula is C14H18N4O5S. The van der Waals surface area contributed by atoms with Gasteiger partial charge in [0, 0.05) is 31.5 Å². The summed E-state index contributed by atoms with van der Waals surface area (Å²) in [7, 11) is -1.66. The van der Waals surface area contributed by atoms with E-state index in [1.165, 1.54) is 7.11 Å². The van der Waals surface area contributed by atoms with E-state index in [0.29, 0.717) is 25.1 Å². The minimum atomic E-state index is -2.92. The quantitative estimate of drug-likeness (QED) is 0.677. The summed E-state index contributed by atoms with van der Waals surface area (Å²) in [6.45, 7) is 0.990. The summed E-state index contributed by atoms with van der Waals surface area (Å²) in [6, 6.07) is -0.0524. The Kier molecular flexibility index (Phi) is 4.41. The van der Waals surface area contributed by atoms with Crippen LogP contribution in [0.1, 0.15) is 16.8 Å². The number of carbonyl (C=O) groups is 1. The average Bonchev–Trinajstić information content (AvgIpc) is 3.09. The smallest absolute Gasteiger partial charge is 0.341 e. The Morgan fingerprint density at radius 1 is 1.50 bits per heavy atom. The van der Waals surface area contributed by atoms with E-state index in [1.54, 1.807) is 17.0 Å². The van der Waals surface area contributed by atoms with Crippen LogP contribution in [0.15, 0.2) is 17.2 Å². The van der Waals surface area contributed by atoms with Crippen molar-refractivity contribution in [1.29, 1.82) is 0 Å². The highest BCUT2D eigenvalue weighted by Gasteiger charge is 2.27. The summed E-state index contributed by atoms with van der Waals surface area (Å²) >= 11 is 0. The number of H-pyrrole nitrogens is 1. The lowest BCUT2D eigenvalue weighted by atomic mass is 10.1. The molecule has 24 heavy (non-hydrogen) atoms. The Bertz CT molecular complexity index is 885. The molecule has 0 aromatic rings. The number of nitrogens with zero attached hydrogens (tertiary/aromatic N) is 2. The number of nitrogens with one attached hydrogen (secondary N) is 2. The van der Waals surface area contributed by atoms with Gasteiger partial charge in [0.1, 0.15) is 11.3 Å². The maximum absolute atomic E-state index is 11.9. The Morgan fingerprint density at radius 2 is 2.29 bits per heavy atom. The topological polar surface area (TPSA) is 123 Å². The summed E-state index contributed by atoms with van der Waals surface area (Å²) in [5, 5.41) is 9.36. The van der Waals surface area contributed by atoms with E-state index in [4.69, 9.17) is 4.74 Å². The monoisotopic (exact) mass is 354 g/mol. The van der Waals surface area contributed by atoms with Crippen LogP contribution in [0, 0.1) is 0 Å². The van der Waals surface area contributed by atoms with Gasteiger partial charge in [-0.3, -0.25) is 4.79 Å². The molecule has 10 heteroatoms. The molecule has 1 saturated heterocycles. The van der Waals surface area contributed by atoms with Gasteiger partial charge >= 0.3 is 5.97 Å². The van der Waals surface area contributed by atoms with Crippen LogP contribution in [0.2, 0.25) is 0 Å². The maximum atomic E-state index is 11.9. The van der Waals surface area contributed by atoms with Gasteiger partial charge in [-0.25, -0.2) is 18.3 Å². The fraction of sp³-hybridized carbons (Fsp3) is 0.500. The summed E-state index contributed by atoms with van der Waals surface area (Å²) in [6.07, 6.45) is 3.79. The van der Waals surface area contributed by atoms with Crippen molar-refractivity contribution < 1.29 is 17.9 Å². The molecule has 0 unspecified atom stereocenters. The third kappa shape index (κ3) is 3.34. The summed E-state index contributed by atoms with van der Waals surface area (Å²) in [5.41, 5.74) is 0.412. The number of sulfone groups is 1. The Labute approximate surface area is 138 Å². The van der Waals surface area contributed by atoms with Crippen LogP contribution < -0.4 is 10.9 Å². The molecule has 0 aromatic carbocycles. The highest BCUT2D eigenvalue weighted by atomic mass is 32.2. The highest BCUT2D eigenvalue weighted by Crippen LogP contribution is 2.20. The van der Waals surface area contributed by atoms with Gasteiger partial charge in [0.05, 0.1) is 24.2 Å². The molecule has 0 amide bonds. The number of hydrogen-bond donors (Lipinski definition) is 2. The molecule has 3 rings (SSSR count). The van der Waals surface area contributed by atoms with Gasteiger partial charge in [0.25, 0.3) is 5.56 Å². The second-order valence-electron chi connectivity index (χ2n) is 5.77. The second-order valence-corrected chi connectivity index (χ2v) is 8.00. The minimum absolute atomic E-state index is 0.0524. The zero-order valence-electron chi connectivity index (χ0n) is 13.1. The van der Waals surface area contributed by atoms with Gasteiger partial charge in [-0.05, 0) is 6.42 Å². The number of esters is 1. The number of fused-ring (bicyclic) bond motifs is 1. The Hall–Kier alpha value is -2.20. The van der Waals surface area contributed by atoms with Gasteiger partial charge in [0.15, 0.2) is 9.84 Å². The molecule has 0 bridgehead atoms. The van der Waals surface area contributed by atoms with Crippen molar-refractivity contribution >= 4 is 15.8 Å². The first kappa shape index (κ1) is 16.7. The molecule has 9 nitrogen and oxygen atoms in total. The minimum Gasteiger partial charge on any atom is -0.465 e. The normalized spacial score (nSPS) is 19.6. The zero-order chi connectivity index (χ0) is 17.3. The van der Waals surface area contributed by atoms with Crippen LogP contribution in [0.25, 0.3) is 11.3 Å². The second kappa shape index (κ2) is 6.36. The number of rotatable bonds is 5. The predicted octanol–water partition coefficient (Wildman–Crippen LogP) is -0.760. The largest absolute Gasteiger partial charge is 0.465 e. The van der Waals surface area contributed by atoms with Gasteiger partial charge in [-0.15, -0.1) is 0 Å². The third-order valence-electron chi connectivity index (χ3n) is 4.05. The van der Waals surface area contributed by atoms with Crippen LogP contribution >= 0.6 is 0 Å². The van der Waals surface area contributed by atoms with Gasteiger partial charge in [-0.1, -0.05) is 0 Å². The van der Waals surface area contributed by atoms with E-state index < -0.39 is 15.8 Å². The van der Waals surface area contributed by atoms with Crippen LogP contribution in [0.4, 0.5) is 0 Å². The van der Waals surface area contributed by atoms with E-state index in [1.807, 2.05) is 0 Å². The van der Waals surface area contributed by atoms with E-state index in [2.05, 4.69) is 15.5 Å². The Balaban J connectivity index is 1.75. The van der Waals surface area contributed by atoms with Crippen LogP contribution in [0.3, 0.4) is 0 Å². The van der Waals surface area contributed by atoms with Crippen LogP contribution in [-0.2, 0) is 21.1 Å². The first-order valence-electron chi connectivity index (χ1n) is 7.50. The van der Waals surface area contributed by atoms with Crippen molar-refractivity contribution in [3.8, 4) is 11.3 Å². The molecule has 3 heterocycles. The van der Waals surface area contributed by atoms with Crippen molar-refractivity contribution in [2.75, 3.05) is 25.2 Å².